The van der Waals surface area contributed by atoms with Crippen LogP contribution in [0.25, 0.3) is 0 Å². The van der Waals surface area contributed by atoms with Crippen LogP contribution in [0.4, 0.5) is 10.2 Å². The first-order valence-electron chi connectivity index (χ1n) is 9.97. The molecular formula is C24H26FN3O2. The number of carbonyl (C=O) groups is 1. The molecule has 0 radical (unpaired) electrons. The number of benzene rings is 2. The van der Waals surface area contributed by atoms with Crippen molar-refractivity contribution in [3.63, 3.8) is 0 Å². The molecule has 0 aliphatic heterocycles. The fourth-order valence-corrected chi connectivity index (χ4v) is 2.98. The first kappa shape index (κ1) is 21.3. The number of nitrogens with zero attached hydrogens (tertiary/aromatic N) is 1. The number of ether oxygens (including phenoxy) is 1. The summed E-state index contributed by atoms with van der Waals surface area (Å²) < 4.78 is 19.1. The molecule has 0 unspecified atom stereocenters. The van der Waals surface area contributed by atoms with Crippen molar-refractivity contribution in [2.24, 2.45) is 5.92 Å². The maximum absolute atomic E-state index is 13.0. The lowest BCUT2D eigenvalue weighted by molar-refractivity contribution is 0.0951. The molecule has 3 aromatic rings. The molecule has 2 aromatic carbocycles. The Kier molecular flexibility index (Phi) is 7.01. The van der Waals surface area contributed by atoms with Crippen LogP contribution in [0.5, 0.6) is 11.5 Å². The molecule has 0 atom stereocenters. The van der Waals surface area contributed by atoms with Gasteiger partial charge in [-0.1, -0.05) is 44.2 Å². The van der Waals surface area contributed by atoms with Crippen LogP contribution in [0.1, 0.15) is 41.8 Å². The minimum Gasteiger partial charge on any atom is -0.457 e. The van der Waals surface area contributed by atoms with Gasteiger partial charge in [0.05, 0.1) is 5.56 Å². The van der Waals surface area contributed by atoms with Gasteiger partial charge in [0.1, 0.15) is 17.3 Å². The SMILES string of the molecule is CC(C)CCc1ccccc1Oc1ccc(CNC(=O)c2ccc(F)nc2N)cc1. The van der Waals surface area contributed by atoms with Crippen molar-refractivity contribution in [2.75, 3.05) is 5.73 Å². The Morgan fingerprint density at radius 1 is 1.10 bits per heavy atom. The number of anilines is 1. The second kappa shape index (κ2) is 9.87. The van der Waals surface area contributed by atoms with E-state index in [9.17, 15) is 9.18 Å². The molecule has 1 aromatic heterocycles. The Hall–Kier alpha value is -3.41. The molecule has 0 saturated heterocycles. The molecule has 0 spiro atoms. The number of nitrogens with one attached hydrogen (secondary N) is 1. The van der Waals surface area contributed by atoms with E-state index in [1.165, 1.54) is 11.6 Å². The third kappa shape index (κ3) is 5.80. The van der Waals surface area contributed by atoms with Crippen LogP contribution >= 0.6 is 0 Å². The number of aryl methyl sites for hydroxylation is 1. The number of carbonyl (C=O) groups excluding carboxylic acids is 1. The van der Waals surface area contributed by atoms with E-state index in [1.54, 1.807) is 0 Å². The molecule has 30 heavy (non-hydrogen) atoms. The third-order valence-electron chi connectivity index (χ3n) is 4.70. The Balaban J connectivity index is 1.60. The topological polar surface area (TPSA) is 77.2 Å². The van der Waals surface area contributed by atoms with Crippen molar-refractivity contribution in [2.45, 2.75) is 33.2 Å². The number of rotatable bonds is 8. The number of pyridine rings is 1. The predicted octanol–water partition coefficient (Wildman–Crippen LogP) is 5.11. The van der Waals surface area contributed by atoms with Gasteiger partial charge in [-0.05, 0) is 60.2 Å². The van der Waals surface area contributed by atoms with Crippen LogP contribution in [0.3, 0.4) is 0 Å². The molecule has 1 amide bonds. The van der Waals surface area contributed by atoms with Gasteiger partial charge in [0.25, 0.3) is 5.91 Å². The van der Waals surface area contributed by atoms with Gasteiger partial charge < -0.3 is 15.8 Å². The molecule has 0 saturated carbocycles. The third-order valence-corrected chi connectivity index (χ3v) is 4.70. The molecule has 0 aliphatic carbocycles. The number of halogens is 1. The molecule has 156 valence electrons. The molecular weight excluding hydrogens is 381 g/mol. The average Bonchev–Trinajstić information content (AvgIpc) is 2.72. The summed E-state index contributed by atoms with van der Waals surface area (Å²) in [6, 6.07) is 18.0. The van der Waals surface area contributed by atoms with E-state index in [0.29, 0.717) is 12.5 Å². The van der Waals surface area contributed by atoms with Gasteiger partial charge in [-0.3, -0.25) is 4.79 Å². The zero-order valence-electron chi connectivity index (χ0n) is 17.2. The van der Waals surface area contributed by atoms with Gasteiger partial charge in [-0.15, -0.1) is 0 Å². The minimum absolute atomic E-state index is 0.132. The number of hydrogen-bond donors (Lipinski definition) is 2. The van der Waals surface area contributed by atoms with E-state index in [0.717, 1.165) is 36.0 Å². The predicted molar refractivity (Wildman–Crippen MR) is 116 cm³/mol. The van der Waals surface area contributed by atoms with Gasteiger partial charge in [0.15, 0.2) is 0 Å². The minimum atomic E-state index is -0.717. The van der Waals surface area contributed by atoms with E-state index in [-0.39, 0.29) is 11.4 Å². The monoisotopic (exact) mass is 407 g/mol. The maximum Gasteiger partial charge on any atom is 0.255 e. The van der Waals surface area contributed by atoms with Crippen molar-refractivity contribution >= 4 is 11.7 Å². The van der Waals surface area contributed by atoms with Crippen LogP contribution in [0.2, 0.25) is 0 Å². The second-order valence-electron chi connectivity index (χ2n) is 7.54. The van der Waals surface area contributed by atoms with Crippen LogP contribution in [0, 0.1) is 11.9 Å². The van der Waals surface area contributed by atoms with E-state index in [1.807, 2.05) is 42.5 Å². The Bertz CT molecular complexity index is 1000. The number of amides is 1. The standard InChI is InChI=1S/C24H26FN3O2/c1-16(2)7-10-18-5-3-4-6-21(18)30-19-11-8-17(9-12-19)15-27-24(29)20-13-14-22(25)28-23(20)26/h3-6,8-9,11-14,16H,7,10,15H2,1-2H3,(H2,26,28)(H,27,29). The quantitative estimate of drug-likeness (QED) is 0.509. The molecule has 0 fully saturated rings. The maximum atomic E-state index is 13.0. The summed E-state index contributed by atoms with van der Waals surface area (Å²) in [6.07, 6.45) is 2.08. The van der Waals surface area contributed by atoms with Crippen molar-refractivity contribution < 1.29 is 13.9 Å². The lowest BCUT2D eigenvalue weighted by Crippen LogP contribution is -2.24. The average molecular weight is 407 g/mol. The highest BCUT2D eigenvalue weighted by molar-refractivity contribution is 5.98. The van der Waals surface area contributed by atoms with Gasteiger partial charge in [0.2, 0.25) is 5.95 Å². The second-order valence-corrected chi connectivity index (χ2v) is 7.54. The first-order valence-corrected chi connectivity index (χ1v) is 9.97. The van der Waals surface area contributed by atoms with Crippen molar-refractivity contribution in [3.8, 4) is 11.5 Å². The highest BCUT2D eigenvalue weighted by atomic mass is 19.1. The highest BCUT2D eigenvalue weighted by Crippen LogP contribution is 2.27. The number of nitrogen functional groups attached to an aromatic ring is 1. The van der Waals surface area contributed by atoms with E-state index < -0.39 is 11.9 Å². The molecule has 1 heterocycles. The van der Waals surface area contributed by atoms with E-state index in [4.69, 9.17) is 10.5 Å². The van der Waals surface area contributed by atoms with E-state index >= 15 is 0 Å². The molecule has 3 rings (SSSR count). The fourth-order valence-electron chi connectivity index (χ4n) is 2.98. The van der Waals surface area contributed by atoms with Crippen LogP contribution < -0.4 is 15.8 Å². The number of nitrogens with two attached hydrogens (primary N) is 1. The number of hydrogen-bond acceptors (Lipinski definition) is 4. The number of para-hydroxylation sites is 1. The van der Waals surface area contributed by atoms with Gasteiger partial charge >= 0.3 is 0 Å². The van der Waals surface area contributed by atoms with Crippen molar-refractivity contribution in [1.29, 1.82) is 0 Å². The lowest BCUT2D eigenvalue weighted by atomic mass is 10.0. The molecule has 0 bridgehead atoms. The molecule has 0 aliphatic rings. The van der Waals surface area contributed by atoms with Gasteiger partial charge in [-0.25, -0.2) is 4.98 Å². The smallest absolute Gasteiger partial charge is 0.255 e. The van der Waals surface area contributed by atoms with Crippen LogP contribution in [-0.4, -0.2) is 10.9 Å². The first-order chi connectivity index (χ1) is 14.4. The largest absolute Gasteiger partial charge is 0.457 e. The summed E-state index contributed by atoms with van der Waals surface area (Å²) in [5, 5.41) is 2.76. The lowest BCUT2D eigenvalue weighted by Gasteiger charge is -2.13. The van der Waals surface area contributed by atoms with Gasteiger partial charge in [0, 0.05) is 6.54 Å². The zero-order chi connectivity index (χ0) is 21.5. The van der Waals surface area contributed by atoms with Crippen LogP contribution in [-0.2, 0) is 13.0 Å². The summed E-state index contributed by atoms with van der Waals surface area (Å²) in [5.41, 5.74) is 7.84. The Morgan fingerprint density at radius 2 is 1.83 bits per heavy atom. The zero-order valence-corrected chi connectivity index (χ0v) is 17.2. The Labute approximate surface area is 176 Å². The summed E-state index contributed by atoms with van der Waals surface area (Å²) in [5.74, 6) is 0.971. The fraction of sp³-hybridized carbons (Fsp3) is 0.250. The molecule has 3 N–H and O–H groups in total. The van der Waals surface area contributed by atoms with E-state index in [2.05, 4.69) is 30.2 Å². The van der Waals surface area contributed by atoms with Crippen LogP contribution in [0.15, 0.2) is 60.7 Å². The summed E-state index contributed by atoms with van der Waals surface area (Å²) in [4.78, 5) is 15.7. The van der Waals surface area contributed by atoms with Gasteiger partial charge in [-0.2, -0.15) is 4.39 Å². The number of aromatic nitrogens is 1. The summed E-state index contributed by atoms with van der Waals surface area (Å²) in [6.45, 7) is 4.73. The molecule has 6 heteroatoms. The Morgan fingerprint density at radius 3 is 2.53 bits per heavy atom. The van der Waals surface area contributed by atoms with Crippen molar-refractivity contribution in [1.82, 2.24) is 10.3 Å². The highest BCUT2D eigenvalue weighted by Gasteiger charge is 2.11. The normalized spacial score (nSPS) is 10.8. The molecule has 5 nitrogen and oxygen atoms in total. The summed E-state index contributed by atoms with van der Waals surface area (Å²) >= 11 is 0. The van der Waals surface area contributed by atoms with Crippen molar-refractivity contribution in [3.05, 3.63) is 83.3 Å². The summed E-state index contributed by atoms with van der Waals surface area (Å²) in [7, 11) is 0.